The molecule has 3 heterocycles. The van der Waals surface area contributed by atoms with Crippen LogP contribution in [0.1, 0.15) is 23.9 Å². The molecule has 0 saturated carbocycles. The fraction of sp³-hybridized carbons (Fsp3) is 0.353. The van der Waals surface area contributed by atoms with Crippen molar-refractivity contribution in [3.8, 4) is 0 Å². The number of rotatable bonds is 4. The number of sulfonamides is 1. The molecule has 0 atom stereocenters. The van der Waals surface area contributed by atoms with E-state index in [4.69, 9.17) is 9.47 Å². The minimum Gasteiger partial charge on any atom is -0.344 e. The quantitative estimate of drug-likeness (QED) is 0.704. The Bertz CT molecular complexity index is 1170. The van der Waals surface area contributed by atoms with E-state index in [0.717, 1.165) is 6.07 Å². The highest BCUT2D eigenvalue weighted by Gasteiger charge is 2.37. The molecule has 2 aromatic heterocycles. The molecule has 1 N–H and O–H groups in total. The summed E-state index contributed by atoms with van der Waals surface area (Å²) in [6.07, 6.45) is 0. The second kappa shape index (κ2) is 6.47. The molecule has 0 aliphatic carbocycles. The summed E-state index contributed by atoms with van der Waals surface area (Å²) in [6.45, 7) is 5.76. The van der Waals surface area contributed by atoms with E-state index in [-0.39, 0.29) is 17.0 Å². The summed E-state index contributed by atoms with van der Waals surface area (Å²) in [5.74, 6) is -1.89. The Morgan fingerprint density at radius 3 is 2.64 bits per heavy atom. The van der Waals surface area contributed by atoms with Crippen LogP contribution in [0.5, 0.6) is 0 Å². The second-order valence-corrected chi connectivity index (χ2v) is 8.13. The van der Waals surface area contributed by atoms with Crippen molar-refractivity contribution in [1.82, 2.24) is 19.6 Å². The molecule has 1 fully saturated rings. The van der Waals surface area contributed by atoms with Crippen molar-refractivity contribution < 1.29 is 22.3 Å². The zero-order valence-corrected chi connectivity index (χ0v) is 16.2. The summed E-state index contributed by atoms with van der Waals surface area (Å²) >= 11 is 0. The maximum atomic E-state index is 14.5. The molecule has 1 saturated heterocycles. The van der Waals surface area contributed by atoms with Crippen LogP contribution in [-0.4, -0.2) is 41.2 Å². The van der Waals surface area contributed by atoms with E-state index in [2.05, 4.69) is 19.8 Å². The molecule has 1 aliphatic heterocycles. The van der Waals surface area contributed by atoms with E-state index in [1.54, 1.807) is 32.9 Å². The van der Waals surface area contributed by atoms with Gasteiger partial charge >= 0.3 is 0 Å². The lowest BCUT2D eigenvalue weighted by molar-refractivity contribution is -0.149. The number of aryl methyl sites for hydroxylation is 2. The van der Waals surface area contributed by atoms with E-state index in [1.807, 2.05) is 0 Å². The summed E-state index contributed by atoms with van der Waals surface area (Å²) in [6, 6.07) is 5.89. The predicted octanol–water partition coefficient (Wildman–Crippen LogP) is 1.90. The van der Waals surface area contributed by atoms with Gasteiger partial charge < -0.3 is 9.47 Å². The first-order valence-corrected chi connectivity index (χ1v) is 9.99. The van der Waals surface area contributed by atoms with Gasteiger partial charge in [0.2, 0.25) is 0 Å². The Morgan fingerprint density at radius 1 is 1.21 bits per heavy atom. The first kappa shape index (κ1) is 18.7. The Balaban J connectivity index is 1.78. The molecular weight excluding hydrogens is 389 g/mol. The molecule has 0 amide bonds. The van der Waals surface area contributed by atoms with Crippen LogP contribution in [-0.2, 0) is 25.3 Å². The maximum absolute atomic E-state index is 14.5. The third-order valence-corrected chi connectivity index (χ3v) is 5.54. The van der Waals surface area contributed by atoms with E-state index < -0.39 is 26.8 Å². The smallest absolute Gasteiger partial charge is 0.299 e. The number of aromatic nitrogens is 4. The normalized spacial score (nSPS) is 16.6. The van der Waals surface area contributed by atoms with Crippen molar-refractivity contribution in [3.05, 3.63) is 47.0 Å². The number of nitrogens with one attached hydrogen (secondary N) is 1. The topological polar surface area (TPSA) is 108 Å². The molecule has 3 aromatic rings. The predicted molar refractivity (Wildman–Crippen MR) is 96.7 cm³/mol. The number of nitrogens with zero attached hydrogens (tertiary/aromatic N) is 4. The Morgan fingerprint density at radius 2 is 1.93 bits per heavy atom. The van der Waals surface area contributed by atoms with Crippen molar-refractivity contribution in [3.63, 3.8) is 0 Å². The van der Waals surface area contributed by atoms with Gasteiger partial charge in [-0.15, -0.1) is 5.10 Å². The number of anilines is 1. The number of hydrogen-bond donors (Lipinski definition) is 1. The van der Waals surface area contributed by atoms with E-state index >= 15 is 0 Å². The largest absolute Gasteiger partial charge is 0.344 e. The molecule has 0 unspecified atom stereocenters. The lowest BCUT2D eigenvalue weighted by atomic mass is 10.1. The van der Waals surface area contributed by atoms with Gasteiger partial charge in [0.15, 0.2) is 5.79 Å². The highest BCUT2D eigenvalue weighted by atomic mass is 32.2. The third-order valence-electron chi connectivity index (χ3n) is 4.42. The summed E-state index contributed by atoms with van der Waals surface area (Å²) in [4.78, 5) is 8.15. The Kier molecular flexibility index (Phi) is 4.32. The van der Waals surface area contributed by atoms with Gasteiger partial charge in [0.25, 0.3) is 21.0 Å². The van der Waals surface area contributed by atoms with Gasteiger partial charge in [-0.3, -0.25) is 4.72 Å². The van der Waals surface area contributed by atoms with Crippen LogP contribution in [0.2, 0.25) is 0 Å². The molecule has 11 heteroatoms. The molecule has 148 valence electrons. The summed E-state index contributed by atoms with van der Waals surface area (Å²) in [5.41, 5.74) is 1.30. The first-order valence-electron chi connectivity index (χ1n) is 8.50. The minimum absolute atomic E-state index is 0.140. The second-order valence-electron chi connectivity index (χ2n) is 6.56. The lowest BCUT2D eigenvalue weighted by Gasteiger charge is -2.25. The lowest BCUT2D eigenvalue weighted by Crippen LogP contribution is -2.26. The number of benzene rings is 1. The molecule has 0 radical (unpaired) electrons. The summed E-state index contributed by atoms with van der Waals surface area (Å²) in [5, 5.41) is 3.49. The molecule has 28 heavy (non-hydrogen) atoms. The molecule has 1 aliphatic rings. The highest BCUT2D eigenvalue weighted by molar-refractivity contribution is 7.92. The van der Waals surface area contributed by atoms with Crippen LogP contribution < -0.4 is 4.72 Å². The number of para-hydroxylation sites is 1. The van der Waals surface area contributed by atoms with Gasteiger partial charge in [0.05, 0.1) is 18.9 Å². The van der Waals surface area contributed by atoms with Crippen molar-refractivity contribution >= 4 is 21.5 Å². The molecule has 4 rings (SSSR count). The zero-order chi connectivity index (χ0) is 20.1. The average molecular weight is 407 g/mol. The molecule has 1 aromatic carbocycles. The minimum atomic E-state index is -4.29. The molecule has 0 bridgehead atoms. The average Bonchev–Trinajstić information content (AvgIpc) is 3.24. The van der Waals surface area contributed by atoms with E-state index in [1.165, 1.54) is 10.6 Å². The van der Waals surface area contributed by atoms with Gasteiger partial charge in [-0.25, -0.2) is 13.9 Å². The molecule has 9 nitrogen and oxygen atoms in total. The van der Waals surface area contributed by atoms with E-state index in [9.17, 15) is 12.8 Å². The van der Waals surface area contributed by atoms with Crippen molar-refractivity contribution in [1.29, 1.82) is 0 Å². The zero-order valence-electron chi connectivity index (χ0n) is 15.4. The first-order chi connectivity index (χ1) is 13.2. The highest BCUT2D eigenvalue weighted by Crippen LogP contribution is 2.37. The Hall–Kier alpha value is -2.63. The third kappa shape index (κ3) is 3.11. The van der Waals surface area contributed by atoms with Gasteiger partial charge in [0, 0.05) is 17.0 Å². The van der Waals surface area contributed by atoms with Crippen LogP contribution in [0.4, 0.5) is 10.1 Å². The SMILES string of the molecule is Cc1cc(C)n2nc(S(=O)(=O)Nc3c(F)cccc3C3(C)OCCO3)nc2n1. The van der Waals surface area contributed by atoms with Crippen LogP contribution in [0.25, 0.3) is 5.78 Å². The monoisotopic (exact) mass is 407 g/mol. The molecule has 0 spiro atoms. The van der Waals surface area contributed by atoms with Gasteiger partial charge in [-0.05, 0) is 32.9 Å². The summed E-state index contributed by atoms with van der Waals surface area (Å²) < 4.78 is 54.9. The van der Waals surface area contributed by atoms with Gasteiger partial charge in [-0.2, -0.15) is 13.4 Å². The standard InChI is InChI=1S/C17H18FN5O4S/c1-10-9-11(2)23-15(19-10)20-16(21-23)28(24,25)22-14-12(5-4-6-13(14)18)17(3)26-7-8-27-17/h4-6,9,22H,7-8H2,1-3H3. The van der Waals surface area contributed by atoms with Crippen LogP contribution in [0.15, 0.2) is 29.4 Å². The number of hydrogen-bond acceptors (Lipinski definition) is 7. The summed E-state index contributed by atoms with van der Waals surface area (Å²) in [7, 11) is -4.29. The fourth-order valence-corrected chi connectivity index (χ4v) is 4.08. The number of ether oxygens (including phenoxy) is 2. The van der Waals surface area contributed by atoms with E-state index in [0.29, 0.717) is 24.6 Å². The number of fused-ring (bicyclic) bond motifs is 1. The van der Waals surface area contributed by atoms with Crippen molar-refractivity contribution in [2.75, 3.05) is 17.9 Å². The number of halogens is 1. The fourth-order valence-electron chi connectivity index (χ4n) is 3.12. The van der Waals surface area contributed by atoms with Crippen LogP contribution in [0, 0.1) is 19.7 Å². The van der Waals surface area contributed by atoms with Crippen LogP contribution in [0.3, 0.4) is 0 Å². The maximum Gasteiger partial charge on any atom is 0.299 e. The van der Waals surface area contributed by atoms with Crippen molar-refractivity contribution in [2.45, 2.75) is 31.7 Å². The van der Waals surface area contributed by atoms with Gasteiger partial charge in [0.1, 0.15) is 5.82 Å². The van der Waals surface area contributed by atoms with Crippen molar-refractivity contribution in [2.24, 2.45) is 0 Å². The molecular formula is C17H18FN5O4S. The van der Waals surface area contributed by atoms with Crippen LogP contribution >= 0.6 is 0 Å². The Labute approximate surface area is 160 Å². The van der Waals surface area contributed by atoms with Gasteiger partial charge in [-0.1, -0.05) is 12.1 Å².